The zero-order valence-electron chi connectivity index (χ0n) is 19.5. The van der Waals surface area contributed by atoms with Gasteiger partial charge in [-0.05, 0) is 42.3 Å². The zero-order chi connectivity index (χ0) is 24.4. The number of carbonyl (C=O) groups excluding carboxylic acids is 3. The normalized spacial score (nSPS) is 19.1. The number of amides is 1. The first-order valence-electron chi connectivity index (χ1n) is 11.4. The smallest absolute Gasteiger partial charge is 0.308 e. The highest BCUT2D eigenvalue weighted by molar-refractivity contribution is 6.46. The Morgan fingerprint density at radius 1 is 1.18 bits per heavy atom. The second kappa shape index (κ2) is 9.59. The molecule has 1 fully saturated rings. The number of benzene rings is 2. The van der Waals surface area contributed by atoms with E-state index in [1.54, 1.807) is 42.5 Å². The van der Waals surface area contributed by atoms with Crippen molar-refractivity contribution in [2.75, 3.05) is 31.6 Å². The Balaban J connectivity index is 1.80. The summed E-state index contributed by atoms with van der Waals surface area (Å²) in [4.78, 5) is 40.9. The van der Waals surface area contributed by atoms with Crippen molar-refractivity contribution in [2.45, 2.75) is 32.7 Å². The zero-order valence-corrected chi connectivity index (χ0v) is 19.5. The molecule has 2 aromatic rings. The standard InChI is InChI=1S/C26H28N2O6/c1-4-5-12-28-23(17-6-9-19(10-7-17)34-16(2)29)22(25(31)26(28)32)24(30)18-8-11-21-20(15-18)27(3)13-14-33-21/h6-11,15,23,30H,4-5,12-14H2,1-3H3/b24-22-. The van der Waals surface area contributed by atoms with Gasteiger partial charge in [0.05, 0.1) is 23.8 Å². The molecule has 34 heavy (non-hydrogen) atoms. The summed E-state index contributed by atoms with van der Waals surface area (Å²) >= 11 is 0. The molecule has 8 heteroatoms. The van der Waals surface area contributed by atoms with E-state index in [0.717, 1.165) is 18.5 Å². The molecular weight excluding hydrogens is 436 g/mol. The maximum atomic E-state index is 13.1. The van der Waals surface area contributed by atoms with Crippen LogP contribution in [0.3, 0.4) is 0 Å². The SMILES string of the molecule is CCCCN1C(=O)C(=O)/C(=C(\O)c2ccc3c(c2)N(C)CCO3)C1c1ccc(OC(C)=O)cc1. The molecule has 0 aromatic heterocycles. The fourth-order valence-electron chi connectivity index (χ4n) is 4.32. The first kappa shape index (κ1) is 23.4. The van der Waals surface area contributed by atoms with Gasteiger partial charge in [-0.15, -0.1) is 0 Å². The lowest BCUT2D eigenvalue weighted by Crippen LogP contribution is -2.30. The Morgan fingerprint density at radius 2 is 1.91 bits per heavy atom. The molecule has 2 aliphatic heterocycles. The summed E-state index contributed by atoms with van der Waals surface area (Å²) in [6, 6.07) is 11.1. The van der Waals surface area contributed by atoms with Crippen LogP contribution in [0.15, 0.2) is 48.0 Å². The van der Waals surface area contributed by atoms with E-state index < -0.39 is 23.7 Å². The van der Waals surface area contributed by atoms with E-state index >= 15 is 0 Å². The van der Waals surface area contributed by atoms with Crippen molar-refractivity contribution in [3.8, 4) is 11.5 Å². The summed E-state index contributed by atoms with van der Waals surface area (Å²) in [5, 5.41) is 11.3. The van der Waals surface area contributed by atoms with Crippen molar-refractivity contribution < 1.29 is 29.0 Å². The van der Waals surface area contributed by atoms with Gasteiger partial charge in [0.2, 0.25) is 0 Å². The fraction of sp³-hybridized carbons (Fsp3) is 0.346. The van der Waals surface area contributed by atoms with Gasteiger partial charge in [-0.3, -0.25) is 14.4 Å². The largest absolute Gasteiger partial charge is 0.507 e. The van der Waals surface area contributed by atoms with E-state index in [2.05, 4.69) is 0 Å². The number of likely N-dealkylation sites (N-methyl/N-ethyl adjacent to an activating group) is 1. The predicted molar refractivity (Wildman–Crippen MR) is 127 cm³/mol. The van der Waals surface area contributed by atoms with Crippen molar-refractivity contribution >= 4 is 29.1 Å². The van der Waals surface area contributed by atoms with Gasteiger partial charge in [-0.2, -0.15) is 0 Å². The molecule has 1 saturated heterocycles. The van der Waals surface area contributed by atoms with E-state index in [9.17, 15) is 19.5 Å². The number of fused-ring (bicyclic) bond motifs is 1. The molecule has 1 N–H and O–H groups in total. The summed E-state index contributed by atoms with van der Waals surface area (Å²) in [6.07, 6.45) is 1.56. The van der Waals surface area contributed by atoms with Crippen LogP contribution in [-0.2, 0) is 14.4 Å². The van der Waals surface area contributed by atoms with E-state index in [4.69, 9.17) is 9.47 Å². The Morgan fingerprint density at radius 3 is 2.59 bits per heavy atom. The number of rotatable bonds is 6. The second-order valence-electron chi connectivity index (χ2n) is 8.46. The molecule has 0 bridgehead atoms. The number of hydrogen-bond donors (Lipinski definition) is 1. The molecule has 8 nitrogen and oxygen atoms in total. The van der Waals surface area contributed by atoms with Gasteiger partial charge in [0.25, 0.3) is 11.7 Å². The van der Waals surface area contributed by atoms with E-state index in [-0.39, 0.29) is 11.3 Å². The number of hydrogen-bond acceptors (Lipinski definition) is 7. The maximum Gasteiger partial charge on any atom is 0.308 e. The lowest BCUT2D eigenvalue weighted by Gasteiger charge is -2.28. The number of ketones is 1. The first-order valence-corrected chi connectivity index (χ1v) is 11.4. The van der Waals surface area contributed by atoms with Gasteiger partial charge >= 0.3 is 5.97 Å². The summed E-state index contributed by atoms with van der Waals surface area (Å²) in [5.74, 6) is -0.963. The molecule has 0 saturated carbocycles. The van der Waals surface area contributed by atoms with Crippen LogP contribution in [0.2, 0.25) is 0 Å². The lowest BCUT2D eigenvalue weighted by atomic mass is 9.95. The van der Waals surface area contributed by atoms with Crippen molar-refractivity contribution in [3.05, 3.63) is 59.2 Å². The Hall–Kier alpha value is -3.81. The molecule has 1 atom stereocenters. The number of unbranched alkanes of at least 4 members (excludes halogenated alkanes) is 1. The molecule has 0 radical (unpaired) electrons. The minimum absolute atomic E-state index is 0.0423. The van der Waals surface area contributed by atoms with Crippen molar-refractivity contribution in [2.24, 2.45) is 0 Å². The summed E-state index contributed by atoms with van der Waals surface area (Å²) in [5.41, 5.74) is 1.93. The molecular formula is C26H28N2O6. The number of carbonyl (C=O) groups is 3. The van der Waals surface area contributed by atoms with E-state index in [0.29, 0.717) is 42.3 Å². The number of Topliss-reactive ketones (excluding diaryl/α,β-unsaturated/α-hetero) is 1. The molecule has 178 valence electrons. The van der Waals surface area contributed by atoms with Crippen molar-refractivity contribution in [1.82, 2.24) is 4.90 Å². The number of likely N-dealkylation sites (tertiary alicyclic amines) is 1. The van der Waals surface area contributed by atoms with Crippen LogP contribution in [0, 0.1) is 0 Å². The second-order valence-corrected chi connectivity index (χ2v) is 8.46. The van der Waals surface area contributed by atoms with Gasteiger partial charge in [0.1, 0.15) is 23.9 Å². The number of anilines is 1. The summed E-state index contributed by atoms with van der Waals surface area (Å²) in [6.45, 7) is 4.98. The highest BCUT2D eigenvalue weighted by atomic mass is 16.5. The minimum atomic E-state index is -0.747. The monoisotopic (exact) mass is 464 g/mol. The van der Waals surface area contributed by atoms with Crippen LogP contribution >= 0.6 is 0 Å². The fourth-order valence-corrected chi connectivity index (χ4v) is 4.32. The highest BCUT2D eigenvalue weighted by Crippen LogP contribution is 2.41. The third kappa shape index (κ3) is 4.35. The van der Waals surface area contributed by atoms with Crippen LogP contribution in [0.4, 0.5) is 5.69 Å². The van der Waals surface area contributed by atoms with Gasteiger partial charge in [-0.25, -0.2) is 0 Å². The van der Waals surface area contributed by atoms with E-state index in [1.165, 1.54) is 11.8 Å². The number of aliphatic hydroxyl groups is 1. The molecule has 2 aliphatic rings. The van der Waals surface area contributed by atoms with Crippen molar-refractivity contribution in [3.63, 3.8) is 0 Å². The Bertz CT molecular complexity index is 1150. The number of aliphatic hydroxyl groups excluding tert-OH is 1. The topological polar surface area (TPSA) is 96.4 Å². The molecule has 1 unspecified atom stereocenters. The average Bonchev–Trinajstić information content (AvgIpc) is 3.07. The third-order valence-electron chi connectivity index (χ3n) is 6.08. The lowest BCUT2D eigenvalue weighted by molar-refractivity contribution is -0.139. The third-order valence-corrected chi connectivity index (χ3v) is 6.08. The number of ether oxygens (including phenoxy) is 2. The summed E-state index contributed by atoms with van der Waals surface area (Å²) < 4.78 is 10.8. The molecule has 0 aliphatic carbocycles. The number of esters is 1. The van der Waals surface area contributed by atoms with Gasteiger partial charge in [0, 0.05) is 26.1 Å². The average molecular weight is 465 g/mol. The summed E-state index contributed by atoms with van der Waals surface area (Å²) in [7, 11) is 1.93. The van der Waals surface area contributed by atoms with Gasteiger partial charge < -0.3 is 24.4 Å². The van der Waals surface area contributed by atoms with Crippen LogP contribution in [0.25, 0.3) is 5.76 Å². The first-order chi connectivity index (χ1) is 16.3. The van der Waals surface area contributed by atoms with E-state index in [1.807, 2.05) is 18.9 Å². The van der Waals surface area contributed by atoms with Crippen LogP contribution in [-0.4, -0.2) is 54.4 Å². The minimum Gasteiger partial charge on any atom is -0.507 e. The molecule has 4 rings (SSSR count). The number of nitrogens with zero attached hydrogens (tertiary/aromatic N) is 2. The van der Waals surface area contributed by atoms with Crippen LogP contribution < -0.4 is 14.4 Å². The maximum absolute atomic E-state index is 13.1. The van der Waals surface area contributed by atoms with Crippen LogP contribution in [0.1, 0.15) is 43.9 Å². The van der Waals surface area contributed by atoms with Crippen molar-refractivity contribution in [1.29, 1.82) is 0 Å². The van der Waals surface area contributed by atoms with Gasteiger partial charge in [-0.1, -0.05) is 25.5 Å². The molecule has 2 heterocycles. The predicted octanol–water partition coefficient (Wildman–Crippen LogP) is 3.66. The Kier molecular flexibility index (Phi) is 6.58. The van der Waals surface area contributed by atoms with Gasteiger partial charge in [0.15, 0.2) is 0 Å². The molecule has 0 spiro atoms. The molecule has 2 aromatic carbocycles. The quantitative estimate of drug-likeness (QED) is 0.229. The van der Waals surface area contributed by atoms with Crippen LogP contribution in [0.5, 0.6) is 11.5 Å². The highest BCUT2D eigenvalue weighted by Gasteiger charge is 2.45. The Labute approximate surface area is 198 Å². The molecule has 1 amide bonds.